The standard InChI is InChI=1S/C16H15ClFN/c1-9-7-13(14(17)8-15(9)18)10-3-2-4-12-11(10)5-6-16(12)19/h2-4,7-8,16H,5-6,19H2,1H3. The van der Waals surface area contributed by atoms with Crippen molar-refractivity contribution in [2.45, 2.75) is 25.8 Å². The Kier molecular flexibility index (Phi) is 3.08. The molecular weight excluding hydrogens is 261 g/mol. The highest BCUT2D eigenvalue weighted by Gasteiger charge is 2.22. The number of rotatable bonds is 1. The molecule has 2 N–H and O–H groups in total. The number of fused-ring (bicyclic) bond motifs is 1. The van der Waals surface area contributed by atoms with Gasteiger partial charge in [0.15, 0.2) is 0 Å². The fraction of sp³-hybridized carbons (Fsp3) is 0.250. The molecule has 0 saturated heterocycles. The molecule has 1 nitrogen and oxygen atoms in total. The van der Waals surface area contributed by atoms with Crippen molar-refractivity contribution in [3.8, 4) is 11.1 Å². The Morgan fingerprint density at radius 1 is 1.26 bits per heavy atom. The molecule has 0 bridgehead atoms. The van der Waals surface area contributed by atoms with Crippen molar-refractivity contribution in [1.29, 1.82) is 0 Å². The first kappa shape index (κ1) is 12.6. The van der Waals surface area contributed by atoms with Gasteiger partial charge in [-0.25, -0.2) is 4.39 Å². The lowest BCUT2D eigenvalue weighted by Crippen LogP contribution is -2.04. The molecule has 19 heavy (non-hydrogen) atoms. The first-order valence-corrected chi connectivity index (χ1v) is 6.79. The summed E-state index contributed by atoms with van der Waals surface area (Å²) in [6, 6.07) is 9.41. The molecule has 0 spiro atoms. The zero-order valence-electron chi connectivity index (χ0n) is 10.7. The van der Waals surface area contributed by atoms with Crippen LogP contribution >= 0.6 is 11.6 Å². The Morgan fingerprint density at radius 2 is 2.05 bits per heavy atom. The summed E-state index contributed by atoms with van der Waals surface area (Å²) in [5.74, 6) is -0.266. The summed E-state index contributed by atoms with van der Waals surface area (Å²) in [6.07, 6.45) is 1.92. The van der Waals surface area contributed by atoms with Gasteiger partial charge < -0.3 is 5.73 Å². The molecule has 0 aliphatic heterocycles. The second-order valence-electron chi connectivity index (χ2n) is 5.10. The smallest absolute Gasteiger partial charge is 0.127 e. The molecule has 0 aromatic heterocycles. The van der Waals surface area contributed by atoms with E-state index in [4.69, 9.17) is 17.3 Å². The lowest BCUT2D eigenvalue weighted by Gasteiger charge is -2.12. The fourth-order valence-corrected chi connectivity index (χ4v) is 3.05. The molecule has 1 unspecified atom stereocenters. The Hall–Kier alpha value is -1.38. The van der Waals surface area contributed by atoms with Crippen LogP contribution in [-0.4, -0.2) is 0 Å². The lowest BCUT2D eigenvalue weighted by atomic mass is 9.95. The number of hydrogen-bond acceptors (Lipinski definition) is 1. The average molecular weight is 276 g/mol. The third-order valence-corrected chi connectivity index (χ3v) is 4.17. The minimum atomic E-state index is -0.266. The first-order chi connectivity index (χ1) is 9.08. The van der Waals surface area contributed by atoms with Crippen molar-refractivity contribution in [2.24, 2.45) is 5.73 Å². The molecule has 0 heterocycles. The molecule has 0 radical (unpaired) electrons. The first-order valence-electron chi connectivity index (χ1n) is 6.41. The highest BCUT2D eigenvalue weighted by Crippen LogP contribution is 2.39. The molecule has 3 rings (SSSR count). The van der Waals surface area contributed by atoms with Crippen LogP contribution in [-0.2, 0) is 6.42 Å². The Morgan fingerprint density at radius 3 is 2.84 bits per heavy atom. The maximum atomic E-state index is 13.5. The topological polar surface area (TPSA) is 26.0 Å². The van der Waals surface area contributed by atoms with Gasteiger partial charge in [-0.15, -0.1) is 0 Å². The van der Waals surface area contributed by atoms with E-state index in [1.807, 2.05) is 18.2 Å². The highest BCUT2D eigenvalue weighted by atomic mass is 35.5. The molecule has 2 aromatic carbocycles. The van der Waals surface area contributed by atoms with Gasteiger partial charge >= 0.3 is 0 Å². The van der Waals surface area contributed by atoms with Crippen molar-refractivity contribution in [2.75, 3.05) is 0 Å². The van der Waals surface area contributed by atoms with Gasteiger partial charge in [0, 0.05) is 11.6 Å². The second-order valence-corrected chi connectivity index (χ2v) is 5.51. The van der Waals surface area contributed by atoms with Crippen LogP contribution in [0.2, 0.25) is 5.02 Å². The summed E-state index contributed by atoms with van der Waals surface area (Å²) in [6.45, 7) is 1.75. The summed E-state index contributed by atoms with van der Waals surface area (Å²) in [5.41, 5.74) is 11.1. The van der Waals surface area contributed by atoms with E-state index in [1.54, 1.807) is 6.92 Å². The largest absolute Gasteiger partial charge is 0.324 e. The summed E-state index contributed by atoms with van der Waals surface area (Å²) in [4.78, 5) is 0. The van der Waals surface area contributed by atoms with Crippen LogP contribution in [0.5, 0.6) is 0 Å². The molecule has 1 aliphatic carbocycles. The van der Waals surface area contributed by atoms with Gasteiger partial charge in [-0.05, 0) is 54.2 Å². The molecule has 1 aliphatic rings. The van der Waals surface area contributed by atoms with Gasteiger partial charge in [-0.1, -0.05) is 29.8 Å². The highest BCUT2D eigenvalue weighted by molar-refractivity contribution is 6.33. The van der Waals surface area contributed by atoms with Crippen LogP contribution in [0.4, 0.5) is 4.39 Å². The fourth-order valence-electron chi connectivity index (χ4n) is 2.80. The van der Waals surface area contributed by atoms with E-state index in [0.717, 1.165) is 24.0 Å². The molecular formula is C16H15ClFN. The van der Waals surface area contributed by atoms with Crippen LogP contribution in [0.15, 0.2) is 30.3 Å². The maximum Gasteiger partial charge on any atom is 0.127 e. The minimum Gasteiger partial charge on any atom is -0.324 e. The predicted octanol–water partition coefficient (Wildman–Crippen LogP) is 4.40. The van der Waals surface area contributed by atoms with E-state index in [-0.39, 0.29) is 11.9 Å². The molecule has 3 heteroatoms. The molecule has 0 amide bonds. The van der Waals surface area contributed by atoms with E-state index in [1.165, 1.54) is 17.2 Å². The summed E-state index contributed by atoms with van der Waals surface area (Å²) < 4.78 is 13.5. The number of hydrogen-bond donors (Lipinski definition) is 1. The van der Waals surface area contributed by atoms with Gasteiger partial charge in [-0.2, -0.15) is 0 Å². The predicted molar refractivity (Wildman–Crippen MR) is 76.8 cm³/mol. The van der Waals surface area contributed by atoms with Gasteiger partial charge in [0.25, 0.3) is 0 Å². The van der Waals surface area contributed by atoms with Crippen LogP contribution in [0.1, 0.15) is 29.2 Å². The van der Waals surface area contributed by atoms with Gasteiger partial charge in [-0.3, -0.25) is 0 Å². The quantitative estimate of drug-likeness (QED) is 0.820. The third kappa shape index (κ3) is 2.05. The van der Waals surface area contributed by atoms with Crippen molar-refractivity contribution in [1.82, 2.24) is 0 Å². The van der Waals surface area contributed by atoms with E-state index < -0.39 is 0 Å². The normalized spacial score (nSPS) is 17.6. The Bertz CT molecular complexity index is 651. The molecule has 1 atom stereocenters. The minimum absolute atomic E-state index is 0.107. The van der Waals surface area contributed by atoms with Crippen molar-refractivity contribution in [3.05, 3.63) is 57.9 Å². The molecule has 2 aromatic rings. The van der Waals surface area contributed by atoms with Gasteiger partial charge in [0.1, 0.15) is 5.82 Å². The average Bonchev–Trinajstić information content (AvgIpc) is 2.76. The SMILES string of the molecule is Cc1cc(-c2cccc3c2CCC3N)c(Cl)cc1F. The van der Waals surface area contributed by atoms with Crippen molar-refractivity contribution in [3.63, 3.8) is 0 Å². The second kappa shape index (κ2) is 4.62. The zero-order valence-corrected chi connectivity index (χ0v) is 11.5. The number of halogens is 2. The van der Waals surface area contributed by atoms with Crippen molar-refractivity contribution < 1.29 is 4.39 Å². The number of aryl methyl sites for hydroxylation is 1. The summed E-state index contributed by atoms with van der Waals surface area (Å²) >= 11 is 6.20. The van der Waals surface area contributed by atoms with E-state index in [0.29, 0.717) is 10.6 Å². The van der Waals surface area contributed by atoms with Crippen LogP contribution in [0.3, 0.4) is 0 Å². The van der Waals surface area contributed by atoms with Crippen molar-refractivity contribution >= 4 is 11.6 Å². The van der Waals surface area contributed by atoms with Crippen LogP contribution in [0.25, 0.3) is 11.1 Å². The van der Waals surface area contributed by atoms with Gasteiger partial charge in [0.2, 0.25) is 0 Å². The Balaban J connectivity index is 2.21. The van der Waals surface area contributed by atoms with Crippen LogP contribution in [0, 0.1) is 12.7 Å². The number of benzene rings is 2. The maximum absolute atomic E-state index is 13.5. The van der Waals surface area contributed by atoms with E-state index in [2.05, 4.69) is 6.07 Å². The lowest BCUT2D eigenvalue weighted by molar-refractivity contribution is 0.619. The number of nitrogens with two attached hydrogens (primary N) is 1. The summed E-state index contributed by atoms with van der Waals surface area (Å²) in [5, 5.41) is 0.456. The third-order valence-electron chi connectivity index (χ3n) is 3.86. The zero-order chi connectivity index (χ0) is 13.6. The van der Waals surface area contributed by atoms with Gasteiger partial charge in [0.05, 0.1) is 5.02 Å². The Labute approximate surface area is 117 Å². The van der Waals surface area contributed by atoms with E-state index >= 15 is 0 Å². The van der Waals surface area contributed by atoms with Crippen LogP contribution < -0.4 is 5.73 Å². The summed E-state index contributed by atoms with van der Waals surface area (Å²) in [7, 11) is 0. The monoisotopic (exact) mass is 275 g/mol. The van der Waals surface area contributed by atoms with E-state index in [9.17, 15) is 4.39 Å². The molecule has 0 fully saturated rings. The molecule has 98 valence electrons. The molecule has 0 saturated carbocycles.